The maximum absolute atomic E-state index is 11.2. The third-order valence-corrected chi connectivity index (χ3v) is 4.56. The van der Waals surface area contributed by atoms with Crippen LogP contribution < -0.4 is 10.6 Å². The maximum Gasteiger partial charge on any atom is 0.458 e. The highest BCUT2D eigenvalue weighted by Gasteiger charge is 2.54. The number of hydrogen-bond donors (Lipinski definition) is 1. The largest absolute Gasteiger partial charge is 0.458 e. The molecule has 9 nitrogen and oxygen atoms in total. The number of hydrogen-bond acceptors (Lipinski definition) is 8. The number of nitro groups is 1. The number of piperazine rings is 1. The number of ketones is 2. The van der Waals surface area contributed by atoms with Crippen molar-refractivity contribution < 1.29 is 58.8 Å². The Labute approximate surface area is 209 Å². The molecular weight excluding hydrogens is 547 g/mol. The summed E-state index contributed by atoms with van der Waals surface area (Å²) in [6, 6.07) is 6.88. The van der Waals surface area contributed by atoms with E-state index in [0.29, 0.717) is 0 Å². The summed E-state index contributed by atoms with van der Waals surface area (Å²) < 4.78 is 98.2. The molecule has 1 aliphatic heterocycles. The van der Waals surface area contributed by atoms with E-state index in [1.165, 1.54) is 6.07 Å². The van der Waals surface area contributed by atoms with E-state index in [4.69, 9.17) is 10.5 Å². The number of non-ortho nitro benzene ring substituents is 1. The molecule has 1 fully saturated rings. The first-order valence-corrected chi connectivity index (χ1v) is 10.5. The van der Waals surface area contributed by atoms with Crippen molar-refractivity contribution in [3.05, 3.63) is 34.4 Å². The van der Waals surface area contributed by atoms with Crippen molar-refractivity contribution in [2.75, 3.05) is 44.2 Å². The molecule has 1 aromatic rings. The zero-order valence-corrected chi connectivity index (χ0v) is 19.4. The number of benzene rings is 1. The summed E-state index contributed by atoms with van der Waals surface area (Å²) in [5.74, 6) is -6.81. The third kappa shape index (κ3) is 13.9. The summed E-state index contributed by atoms with van der Waals surface area (Å²) in [6.07, 6.45) is -15.0. The van der Waals surface area contributed by atoms with Crippen LogP contribution in [0, 0.1) is 10.1 Å². The van der Waals surface area contributed by atoms with Crippen molar-refractivity contribution in [1.29, 1.82) is 0 Å². The molecule has 1 aliphatic rings. The number of Topliss-reactive ketones (excluding diaryl/α,β-unsaturated/α-hetero) is 2. The lowest BCUT2D eigenvalue weighted by Gasteiger charge is -2.36. The molecule has 216 valence electrons. The number of unbranched alkanes of at least 4 members (excludes halogenated alkanes) is 1. The number of carbonyl (C=O) groups is 3. The lowest BCUT2D eigenvalue weighted by atomic mass is 10.2. The van der Waals surface area contributed by atoms with Crippen LogP contribution in [0.2, 0.25) is 0 Å². The van der Waals surface area contributed by atoms with Crippen molar-refractivity contribution in [3.63, 3.8) is 0 Å². The van der Waals surface area contributed by atoms with E-state index in [1.54, 1.807) is 12.1 Å². The maximum atomic E-state index is 11.2. The van der Waals surface area contributed by atoms with Gasteiger partial charge in [0.2, 0.25) is 6.29 Å². The topological polar surface area (TPSA) is 127 Å². The average molecular weight is 570 g/mol. The van der Waals surface area contributed by atoms with Crippen LogP contribution in [0.25, 0.3) is 0 Å². The molecule has 0 aromatic heterocycles. The van der Waals surface area contributed by atoms with E-state index in [0.717, 1.165) is 57.8 Å². The van der Waals surface area contributed by atoms with Gasteiger partial charge in [0, 0.05) is 44.0 Å². The van der Waals surface area contributed by atoms with Crippen molar-refractivity contribution >= 4 is 29.2 Å². The first-order valence-electron chi connectivity index (χ1n) is 10.5. The molecule has 0 unspecified atom stereocenters. The summed E-state index contributed by atoms with van der Waals surface area (Å²) in [4.78, 5) is 43.0. The fraction of sp³-hybridized carbons (Fsp3) is 0.550. The lowest BCUT2D eigenvalue weighted by molar-refractivity contribution is -0.384. The number of nitrogens with two attached hydrogens (primary N) is 1. The van der Waals surface area contributed by atoms with Gasteiger partial charge in [0.25, 0.3) is 5.69 Å². The molecule has 1 saturated heterocycles. The molecule has 0 bridgehead atoms. The Bertz CT molecular complexity index is 905. The van der Waals surface area contributed by atoms with Crippen LogP contribution in [0.4, 0.5) is 50.9 Å². The number of aldehydes is 1. The number of anilines is 1. The van der Waals surface area contributed by atoms with Crippen LogP contribution in [-0.4, -0.2) is 85.5 Å². The van der Waals surface area contributed by atoms with Gasteiger partial charge >= 0.3 is 30.1 Å². The summed E-state index contributed by atoms with van der Waals surface area (Å²) in [5, 5.41) is 10.8. The highest BCUT2D eigenvalue weighted by molar-refractivity contribution is 6.41. The number of carbonyl (C=O) groups excluding carboxylic acids is 3. The van der Waals surface area contributed by atoms with Gasteiger partial charge in [-0.2, -0.15) is 39.5 Å². The van der Waals surface area contributed by atoms with E-state index in [2.05, 4.69) is 9.80 Å². The Morgan fingerprint density at radius 3 is 1.76 bits per heavy atom. The van der Waals surface area contributed by atoms with E-state index < -0.39 is 36.4 Å². The van der Waals surface area contributed by atoms with Gasteiger partial charge in [-0.15, -0.1) is 0 Å². The number of alkyl halides is 9. The standard InChI is InChI=1S/C14H22N4O2.C4F6O2.C2HF3O/c15-6-1-2-7-16-8-10-17(11-9-16)13-4-3-5-14(12-13)18(19)20;5-3(6,7)1(11)2(12)4(8,9)10;3-2(4,5)1-6/h3-5,12H,1-2,6-11,15H2;;1H. The highest BCUT2D eigenvalue weighted by Crippen LogP contribution is 2.24. The molecule has 0 saturated carbocycles. The fourth-order valence-corrected chi connectivity index (χ4v) is 2.77. The minimum Gasteiger partial charge on any atom is -0.369 e. The Kier molecular flexibility index (Phi) is 13.9. The quantitative estimate of drug-likeness (QED) is 0.132. The van der Waals surface area contributed by atoms with Crippen molar-refractivity contribution in [2.24, 2.45) is 5.73 Å². The molecule has 18 heteroatoms. The number of rotatable bonds is 7. The van der Waals surface area contributed by atoms with Gasteiger partial charge in [-0.25, -0.2) is 0 Å². The predicted molar refractivity (Wildman–Crippen MR) is 114 cm³/mol. The van der Waals surface area contributed by atoms with E-state index >= 15 is 0 Å². The SMILES string of the molecule is NCCCCN1CCN(c2cccc([N+](=O)[O-])c2)CC1.O=C(C(=O)C(F)(F)F)C(F)(F)F.O=CC(F)(F)F. The van der Waals surface area contributed by atoms with Gasteiger partial charge in [-0.1, -0.05) is 6.07 Å². The monoisotopic (exact) mass is 570 g/mol. The zero-order chi connectivity index (χ0) is 29.7. The van der Waals surface area contributed by atoms with Gasteiger partial charge in [0.15, 0.2) is 0 Å². The molecule has 1 heterocycles. The number of nitro benzene ring substituents is 1. The zero-order valence-electron chi connectivity index (χ0n) is 19.4. The van der Waals surface area contributed by atoms with Gasteiger partial charge < -0.3 is 10.6 Å². The van der Waals surface area contributed by atoms with Crippen LogP contribution >= 0.6 is 0 Å². The third-order valence-electron chi connectivity index (χ3n) is 4.56. The number of halogens is 9. The summed E-state index contributed by atoms with van der Waals surface area (Å²) >= 11 is 0. The molecule has 38 heavy (non-hydrogen) atoms. The first kappa shape index (κ1) is 34.7. The summed E-state index contributed by atoms with van der Waals surface area (Å²) in [7, 11) is 0. The van der Waals surface area contributed by atoms with Gasteiger partial charge in [-0.05, 0) is 32.0 Å². The molecule has 0 atom stereocenters. The minimum atomic E-state index is -5.77. The molecule has 0 spiro atoms. The summed E-state index contributed by atoms with van der Waals surface area (Å²) in [5.41, 5.74) is 6.60. The van der Waals surface area contributed by atoms with E-state index in [1.807, 2.05) is 6.07 Å². The van der Waals surface area contributed by atoms with Crippen LogP contribution in [0.5, 0.6) is 0 Å². The van der Waals surface area contributed by atoms with Crippen molar-refractivity contribution in [3.8, 4) is 0 Å². The molecule has 0 amide bonds. The predicted octanol–water partition coefficient (Wildman–Crippen LogP) is 3.45. The minimum absolute atomic E-state index is 0.160. The van der Waals surface area contributed by atoms with Crippen LogP contribution in [0.3, 0.4) is 0 Å². The normalized spacial score (nSPS) is 14.4. The average Bonchev–Trinajstić information content (AvgIpc) is 2.83. The Morgan fingerprint density at radius 2 is 1.39 bits per heavy atom. The smallest absolute Gasteiger partial charge is 0.369 e. The molecule has 2 N–H and O–H groups in total. The van der Waals surface area contributed by atoms with Crippen LogP contribution in [-0.2, 0) is 14.4 Å². The van der Waals surface area contributed by atoms with Gasteiger partial charge in [0.05, 0.1) is 4.92 Å². The van der Waals surface area contributed by atoms with Crippen molar-refractivity contribution in [2.45, 2.75) is 31.4 Å². The lowest BCUT2D eigenvalue weighted by Crippen LogP contribution is -2.46. The van der Waals surface area contributed by atoms with Gasteiger partial charge in [0.1, 0.15) is 0 Å². The van der Waals surface area contributed by atoms with Crippen LogP contribution in [0.15, 0.2) is 24.3 Å². The van der Waals surface area contributed by atoms with E-state index in [9.17, 15) is 59.2 Å². The van der Waals surface area contributed by atoms with Crippen molar-refractivity contribution in [1.82, 2.24) is 4.90 Å². The molecule has 0 radical (unpaired) electrons. The second kappa shape index (κ2) is 15.2. The Hall–Kier alpha value is -3.28. The second-order valence-corrected chi connectivity index (χ2v) is 7.41. The fourth-order valence-electron chi connectivity index (χ4n) is 2.77. The Morgan fingerprint density at radius 1 is 0.921 bits per heavy atom. The number of nitrogens with zero attached hydrogens (tertiary/aromatic N) is 3. The molecular formula is C20H23F9N4O5. The molecule has 2 rings (SSSR count). The van der Waals surface area contributed by atoms with Crippen LogP contribution in [0.1, 0.15) is 12.8 Å². The molecule has 0 aliphatic carbocycles. The van der Waals surface area contributed by atoms with E-state index in [-0.39, 0.29) is 10.6 Å². The first-order chi connectivity index (χ1) is 17.3. The summed E-state index contributed by atoms with van der Waals surface area (Å²) in [6.45, 7) is 5.71. The van der Waals surface area contributed by atoms with Gasteiger partial charge in [-0.3, -0.25) is 29.4 Å². The Balaban J connectivity index is 0.000000646. The molecule has 1 aromatic carbocycles. The highest BCUT2D eigenvalue weighted by atomic mass is 19.4. The second-order valence-electron chi connectivity index (χ2n) is 7.41.